The molecule has 0 saturated heterocycles. The molecular formula is C17H21N3O4. The Bertz CT molecular complexity index is 811. The largest absolute Gasteiger partial charge is 0.463 e. The number of nitrogens with zero attached hydrogens (tertiary/aromatic N) is 2. The number of benzene rings is 1. The van der Waals surface area contributed by atoms with Crippen molar-refractivity contribution in [1.29, 1.82) is 0 Å². The van der Waals surface area contributed by atoms with Crippen LogP contribution in [-0.4, -0.2) is 34.1 Å². The smallest absolute Gasteiger partial charge is 0.307 e. The lowest BCUT2D eigenvalue weighted by atomic mass is 10.1. The fraction of sp³-hybridized carbons (Fsp3) is 0.412. The van der Waals surface area contributed by atoms with Crippen LogP contribution in [0.2, 0.25) is 0 Å². The summed E-state index contributed by atoms with van der Waals surface area (Å²) in [5.74, 6) is -0.728. The van der Waals surface area contributed by atoms with Crippen molar-refractivity contribution in [2.24, 2.45) is 0 Å². The first-order valence-electron chi connectivity index (χ1n) is 7.79. The molecule has 1 N–H and O–H groups in total. The molecule has 24 heavy (non-hydrogen) atoms. The zero-order valence-electron chi connectivity index (χ0n) is 14.0. The van der Waals surface area contributed by atoms with Crippen molar-refractivity contribution in [2.75, 3.05) is 6.54 Å². The van der Waals surface area contributed by atoms with E-state index >= 15 is 0 Å². The Morgan fingerprint density at radius 1 is 1.33 bits per heavy atom. The summed E-state index contributed by atoms with van der Waals surface area (Å²) in [6, 6.07) is 5.35. The minimum Gasteiger partial charge on any atom is -0.463 e. The maximum Gasteiger partial charge on any atom is 0.307 e. The van der Waals surface area contributed by atoms with Gasteiger partial charge in [0.1, 0.15) is 6.54 Å². The lowest BCUT2D eigenvalue weighted by Gasteiger charge is -2.10. The van der Waals surface area contributed by atoms with Crippen molar-refractivity contribution in [3.8, 4) is 0 Å². The summed E-state index contributed by atoms with van der Waals surface area (Å²) >= 11 is 0. The van der Waals surface area contributed by atoms with Crippen LogP contribution in [0.4, 0.5) is 0 Å². The molecule has 0 aliphatic rings. The summed E-state index contributed by atoms with van der Waals surface area (Å²) in [4.78, 5) is 39.9. The lowest BCUT2D eigenvalue weighted by molar-refractivity contribution is -0.147. The van der Waals surface area contributed by atoms with Gasteiger partial charge in [0, 0.05) is 6.54 Å². The van der Waals surface area contributed by atoms with E-state index < -0.39 is 0 Å². The quantitative estimate of drug-likeness (QED) is 0.802. The number of para-hydroxylation sites is 1. The number of fused-ring (bicyclic) bond motifs is 1. The predicted octanol–water partition coefficient (Wildman–Crippen LogP) is 1.16. The number of esters is 1. The molecule has 7 nitrogen and oxygen atoms in total. The van der Waals surface area contributed by atoms with Gasteiger partial charge in [-0.15, -0.1) is 0 Å². The number of carbonyl (C=O) groups excluding carboxylic acids is 2. The van der Waals surface area contributed by atoms with Gasteiger partial charge in [0.15, 0.2) is 0 Å². The van der Waals surface area contributed by atoms with E-state index in [1.54, 1.807) is 26.0 Å². The molecule has 0 bridgehead atoms. The Kier molecular flexibility index (Phi) is 5.68. The molecule has 128 valence electrons. The molecule has 0 aliphatic carbocycles. The van der Waals surface area contributed by atoms with E-state index in [1.165, 1.54) is 10.9 Å². The number of hydrogen-bond acceptors (Lipinski definition) is 5. The Labute approximate surface area is 139 Å². The minimum absolute atomic E-state index is 0.0913. The molecule has 1 heterocycles. The second kappa shape index (κ2) is 7.72. The molecule has 1 aromatic carbocycles. The summed E-state index contributed by atoms with van der Waals surface area (Å²) in [5.41, 5.74) is 1.28. The second-order valence-electron chi connectivity index (χ2n) is 5.79. The van der Waals surface area contributed by atoms with Gasteiger partial charge in [0.2, 0.25) is 5.91 Å². The topological polar surface area (TPSA) is 90.3 Å². The van der Waals surface area contributed by atoms with Gasteiger partial charge in [-0.05, 0) is 32.4 Å². The molecule has 0 fully saturated rings. The normalized spacial score (nSPS) is 10.8. The average Bonchev–Trinajstić information content (AvgIpc) is 2.50. The number of rotatable bonds is 6. The van der Waals surface area contributed by atoms with Crippen molar-refractivity contribution in [3.05, 3.63) is 40.4 Å². The number of nitrogens with one attached hydrogen (secondary N) is 1. The summed E-state index contributed by atoms with van der Waals surface area (Å²) in [6.07, 6.45) is 1.28. The first-order chi connectivity index (χ1) is 11.4. The van der Waals surface area contributed by atoms with Crippen LogP contribution in [0.25, 0.3) is 10.9 Å². The van der Waals surface area contributed by atoms with Gasteiger partial charge in [-0.1, -0.05) is 12.1 Å². The van der Waals surface area contributed by atoms with Crippen molar-refractivity contribution in [3.63, 3.8) is 0 Å². The van der Waals surface area contributed by atoms with Gasteiger partial charge in [-0.3, -0.25) is 19.0 Å². The number of hydrogen-bond donors (Lipinski definition) is 1. The fourth-order valence-electron chi connectivity index (χ4n) is 2.29. The number of aryl methyl sites for hydroxylation is 1. The number of carbonyl (C=O) groups is 2. The van der Waals surface area contributed by atoms with Crippen LogP contribution in [0.3, 0.4) is 0 Å². The van der Waals surface area contributed by atoms with E-state index in [0.717, 1.165) is 5.56 Å². The van der Waals surface area contributed by atoms with Crippen molar-refractivity contribution >= 4 is 22.8 Å². The lowest BCUT2D eigenvalue weighted by Crippen LogP contribution is -2.34. The van der Waals surface area contributed by atoms with Crippen molar-refractivity contribution < 1.29 is 14.3 Å². The Hall–Kier alpha value is -2.70. The van der Waals surface area contributed by atoms with E-state index in [-0.39, 0.29) is 43.1 Å². The van der Waals surface area contributed by atoms with Crippen LogP contribution < -0.4 is 10.9 Å². The second-order valence-corrected chi connectivity index (χ2v) is 5.79. The molecule has 0 aliphatic heterocycles. The zero-order valence-corrected chi connectivity index (χ0v) is 14.0. The first-order valence-corrected chi connectivity index (χ1v) is 7.79. The number of ether oxygens (including phenoxy) is 1. The maximum absolute atomic E-state index is 12.4. The van der Waals surface area contributed by atoms with Crippen molar-refractivity contribution in [1.82, 2.24) is 14.9 Å². The van der Waals surface area contributed by atoms with E-state index in [4.69, 9.17) is 4.74 Å². The summed E-state index contributed by atoms with van der Waals surface area (Å²) in [5, 5.41) is 3.07. The van der Waals surface area contributed by atoms with E-state index in [0.29, 0.717) is 10.9 Å². The molecule has 0 atom stereocenters. The average molecular weight is 331 g/mol. The van der Waals surface area contributed by atoms with E-state index in [2.05, 4.69) is 10.3 Å². The highest BCUT2D eigenvalue weighted by molar-refractivity contribution is 5.81. The Morgan fingerprint density at radius 2 is 2.08 bits per heavy atom. The highest BCUT2D eigenvalue weighted by Gasteiger charge is 2.10. The summed E-state index contributed by atoms with van der Waals surface area (Å²) < 4.78 is 6.23. The fourth-order valence-corrected chi connectivity index (χ4v) is 2.29. The van der Waals surface area contributed by atoms with Crippen LogP contribution in [0, 0.1) is 6.92 Å². The third-order valence-corrected chi connectivity index (χ3v) is 3.39. The number of aromatic nitrogens is 2. The van der Waals surface area contributed by atoms with E-state index in [9.17, 15) is 14.4 Å². The van der Waals surface area contributed by atoms with Gasteiger partial charge in [-0.2, -0.15) is 0 Å². The van der Waals surface area contributed by atoms with Gasteiger partial charge >= 0.3 is 5.97 Å². The molecule has 2 rings (SSSR count). The highest BCUT2D eigenvalue weighted by atomic mass is 16.5. The van der Waals surface area contributed by atoms with Crippen LogP contribution in [-0.2, 0) is 20.9 Å². The minimum atomic E-state index is -0.370. The standard InChI is InChI=1S/C17H21N3O4/c1-11(2)24-15(22)7-8-18-14(21)9-20-10-19-16-12(3)5-4-6-13(16)17(20)23/h4-6,10-11H,7-9H2,1-3H3,(H,18,21). The Balaban J connectivity index is 1.97. The molecule has 1 amide bonds. The third-order valence-electron chi connectivity index (χ3n) is 3.39. The third kappa shape index (κ3) is 4.41. The molecule has 7 heteroatoms. The van der Waals surface area contributed by atoms with E-state index in [1.807, 2.05) is 13.0 Å². The zero-order chi connectivity index (χ0) is 17.7. The first kappa shape index (κ1) is 17.7. The molecule has 0 spiro atoms. The molecule has 0 radical (unpaired) electrons. The maximum atomic E-state index is 12.4. The Morgan fingerprint density at radius 3 is 2.79 bits per heavy atom. The predicted molar refractivity (Wildman–Crippen MR) is 89.6 cm³/mol. The molecule has 1 aromatic heterocycles. The van der Waals surface area contributed by atoms with Crippen molar-refractivity contribution in [2.45, 2.75) is 39.8 Å². The van der Waals surface area contributed by atoms with Gasteiger partial charge in [0.05, 0.1) is 29.8 Å². The molecule has 0 saturated carbocycles. The summed E-state index contributed by atoms with van der Waals surface area (Å²) in [6.45, 7) is 5.42. The van der Waals surface area contributed by atoms with Crippen LogP contribution in [0.15, 0.2) is 29.3 Å². The van der Waals surface area contributed by atoms with Gasteiger partial charge < -0.3 is 10.1 Å². The number of amides is 1. The summed E-state index contributed by atoms with van der Waals surface area (Å²) in [7, 11) is 0. The van der Waals surface area contributed by atoms with Crippen LogP contribution >= 0.6 is 0 Å². The van der Waals surface area contributed by atoms with Crippen LogP contribution in [0.5, 0.6) is 0 Å². The monoisotopic (exact) mass is 331 g/mol. The molecule has 2 aromatic rings. The SMILES string of the molecule is Cc1cccc2c(=O)n(CC(=O)NCCC(=O)OC(C)C)cnc12. The molecular weight excluding hydrogens is 310 g/mol. The van der Waals surface area contributed by atoms with Gasteiger partial charge in [0.25, 0.3) is 5.56 Å². The highest BCUT2D eigenvalue weighted by Crippen LogP contribution is 2.10. The van der Waals surface area contributed by atoms with Crippen LogP contribution in [0.1, 0.15) is 25.8 Å². The van der Waals surface area contributed by atoms with Gasteiger partial charge in [-0.25, -0.2) is 4.98 Å². The molecule has 0 unspecified atom stereocenters.